The van der Waals surface area contributed by atoms with Crippen LogP contribution in [0.4, 0.5) is 17.3 Å². The summed E-state index contributed by atoms with van der Waals surface area (Å²) in [6.07, 6.45) is 3.58. The van der Waals surface area contributed by atoms with Gasteiger partial charge in [0.25, 0.3) is 0 Å². The van der Waals surface area contributed by atoms with Gasteiger partial charge in [-0.3, -0.25) is 10.1 Å². The molecule has 16 heavy (non-hydrogen) atoms. The van der Waals surface area contributed by atoms with Gasteiger partial charge in [-0.2, -0.15) is 0 Å². The fourth-order valence-corrected chi connectivity index (χ4v) is 1.55. The fourth-order valence-electron chi connectivity index (χ4n) is 1.55. The fraction of sp³-hybridized carbons (Fsp3) is 0.500. The summed E-state index contributed by atoms with van der Waals surface area (Å²) in [4.78, 5) is 14.2. The predicted molar refractivity (Wildman–Crippen MR) is 61.1 cm³/mol. The van der Waals surface area contributed by atoms with Crippen LogP contribution in [-0.4, -0.2) is 16.5 Å². The van der Waals surface area contributed by atoms with Crippen molar-refractivity contribution in [2.24, 2.45) is 5.92 Å². The standard InChI is InChI=1S/C10H14N4O2/c11-9-4-3-8(14(15)16)10(13-9)12-6-5-7-1-2-7/h3-4,7H,1-2,5-6H2,(H3,11,12,13). The van der Waals surface area contributed by atoms with Crippen molar-refractivity contribution in [2.45, 2.75) is 19.3 Å². The van der Waals surface area contributed by atoms with Crippen LogP contribution in [0, 0.1) is 16.0 Å². The number of pyridine rings is 1. The van der Waals surface area contributed by atoms with Crippen LogP contribution < -0.4 is 11.1 Å². The Morgan fingerprint density at radius 2 is 2.31 bits per heavy atom. The van der Waals surface area contributed by atoms with Gasteiger partial charge in [0.15, 0.2) is 0 Å². The first-order valence-corrected chi connectivity index (χ1v) is 5.31. The first kappa shape index (κ1) is 10.7. The molecule has 0 atom stereocenters. The molecule has 1 saturated carbocycles. The second kappa shape index (κ2) is 4.34. The highest BCUT2D eigenvalue weighted by Gasteiger charge is 2.21. The normalized spacial score (nSPS) is 14.8. The summed E-state index contributed by atoms with van der Waals surface area (Å²) >= 11 is 0. The summed E-state index contributed by atoms with van der Waals surface area (Å²) in [5, 5.41) is 13.7. The van der Waals surface area contributed by atoms with Crippen molar-refractivity contribution in [1.82, 2.24) is 4.98 Å². The molecule has 0 aromatic carbocycles. The largest absolute Gasteiger partial charge is 0.384 e. The summed E-state index contributed by atoms with van der Waals surface area (Å²) < 4.78 is 0. The molecule has 6 nitrogen and oxygen atoms in total. The van der Waals surface area contributed by atoms with Crippen molar-refractivity contribution in [2.75, 3.05) is 17.6 Å². The Bertz CT molecular complexity index is 404. The van der Waals surface area contributed by atoms with Crippen LogP contribution in [0.3, 0.4) is 0 Å². The zero-order valence-corrected chi connectivity index (χ0v) is 8.85. The van der Waals surface area contributed by atoms with Crippen LogP contribution in [0.1, 0.15) is 19.3 Å². The first-order valence-electron chi connectivity index (χ1n) is 5.31. The Hall–Kier alpha value is -1.85. The van der Waals surface area contributed by atoms with Crippen molar-refractivity contribution < 1.29 is 4.92 Å². The van der Waals surface area contributed by atoms with Crippen molar-refractivity contribution in [1.29, 1.82) is 0 Å². The highest BCUT2D eigenvalue weighted by atomic mass is 16.6. The number of nitrogens with zero attached hydrogens (tertiary/aromatic N) is 2. The number of nitro groups is 1. The maximum atomic E-state index is 10.7. The lowest BCUT2D eigenvalue weighted by molar-refractivity contribution is -0.384. The van der Waals surface area contributed by atoms with E-state index in [1.165, 1.54) is 25.0 Å². The molecule has 86 valence electrons. The van der Waals surface area contributed by atoms with Gasteiger partial charge in [-0.15, -0.1) is 0 Å². The van der Waals surface area contributed by atoms with Crippen molar-refractivity contribution in [3.05, 3.63) is 22.2 Å². The third-order valence-electron chi connectivity index (χ3n) is 2.63. The van der Waals surface area contributed by atoms with Gasteiger partial charge in [-0.1, -0.05) is 12.8 Å². The molecule has 2 rings (SSSR count). The van der Waals surface area contributed by atoms with E-state index in [-0.39, 0.29) is 11.5 Å². The zero-order chi connectivity index (χ0) is 11.5. The molecule has 0 saturated heterocycles. The van der Waals surface area contributed by atoms with Crippen LogP contribution in [0.15, 0.2) is 12.1 Å². The van der Waals surface area contributed by atoms with E-state index in [1.54, 1.807) is 0 Å². The first-order chi connectivity index (χ1) is 7.66. The molecule has 0 bridgehead atoms. The highest BCUT2D eigenvalue weighted by molar-refractivity contribution is 5.59. The second-order valence-electron chi connectivity index (χ2n) is 4.02. The summed E-state index contributed by atoms with van der Waals surface area (Å²) in [7, 11) is 0. The number of nitrogens with two attached hydrogens (primary N) is 1. The lowest BCUT2D eigenvalue weighted by Gasteiger charge is -2.05. The van der Waals surface area contributed by atoms with Crippen LogP contribution in [0.2, 0.25) is 0 Å². The quantitative estimate of drug-likeness (QED) is 0.585. The number of anilines is 2. The summed E-state index contributed by atoms with van der Waals surface area (Å²) in [6.45, 7) is 0.710. The molecule has 1 fully saturated rings. The molecule has 0 aliphatic heterocycles. The van der Waals surface area contributed by atoms with E-state index in [2.05, 4.69) is 10.3 Å². The van der Waals surface area contributed by atoms with Crippen LogP contribution in [-0.2, 0) is 0 Å². The number of rotatable bonds is 5. The number of aromatic nitrogens is 1. The Kier molecular flexibility index (Phi) is 2.89. The highest BCUT2D eigenvalue weighted by Crippen LogP contribution is 2.32. The molecule has 1 heterocycles. The Morgan fingerprint density at radius 1 is 1.56 bits per heavy atom. The molecule has 1 aliphatic rings. The monoisotopic (exact) mass is 222 g/mol. The molecule has 0 spiro atoms. The molecular formula is C10H14N4O2. The van der Waals surface area contributed by atoms with E-state index >= 15 is 0 Å². The van der Waals surface area contributed by atoms with Gasteiger partial charge in [0, 0.05) is 12.6 Å². The van der Waals surface area contributed by atoms with Crippen LogP contribution in [0.25, 0.3) is 0 Å². The van der Waals surface area contributed by atoms with E-state index < -0.39 is 4.92 Å². The Balaban J connectivity index is 2.03. The SMILES string of the molecule is Nc1ccc([N+](=O)[O-])c(NCCC2CC2)n1. The summed E-state index contributed by atoms with van der Waals surface area (Å²) in [5.74, 6) is 1.35. The molecule has 1 aliphatic carbocycles. The van der Waals surface area contributed by atoms with Crippen LogP contribution >= 0.6 is 0 Å². The van der Waals surface area contributed by atoms with Crippen LogP contribution in [0.5, 0.6) is 0 Å². The predicted octanol–water partition coefficient (Wildman–Crippen LogP) is 1.78. The van der Waals surface area contributed by atoms with Gasteiger partial charge < -0.3 is 11.1 Å². The van der Waals surface area contributed by atoms with Gasteiger partial charge in [0.05, 0.1) is 4.92 Å². The van der Waals surface area contributed by atoms with Gasteiger partial charge >= 0.3 is 5.69 Å². The zero-order valence-electron chi connectivity index (χ0n) is 8.85. The minimum Gasteiger partial charge on any atom is -0.384 e. The average Bonchev–Trinajstić information content (AvgIpc) is 3.01. The molecule has 0 amide bonds. The maximum absolute atomic E-state index is 10.7. The molecular weight excluding hydrogens is 208 g/mol. The Morgan fingerprint density at radius 3 is 2.94 bits per heavy atom. The minimum atomic E-state index is -0.452. The van der Waals surface area contributed by atoms with Crippen molar-refractivity contribution in [3.63, 3.8) is 0 Å². The number of nitrogen functional groups attached to an aromatic ring is 1. The van der Waals surface area contributed by atoms with Crippen molar-refractivity contribution >= 4 is 17.3 Å². The third-order valence-corrected chi connectivity index (χ3v) is 2.63. The van der Waals surface area contributed by atoms with E-state index in [1.807, 2.05) is 0 Å². The van der Waals surface area contributed by atoms with E-state index in [0.29, 0.717) is 12.4 Å². The maximum Gasteiger partial charge on any atom is 0.311 e. The summed E-state index contributed by atoms with van der Waals surface area (Å²) in [6, 6.07) is 2.81. The van der Waals surface area contributed by atoms with Gasteiger partial charge in [0.1, 0.15) is 5.82 Å². The average molecular weight is 222 g/mol. The van der Waals surface area contributed by atoms with Crippen molar-refractivity contribution in [3.8, 4) is 0 Å². The minimum absolute atomic E-state index is 0.0232. The molecule has 1 aromatic heterocycles. The number of hydrogen-bond donors (Lipinski definition) is 2. The van der Waals surface area contributed by atoms with Gasteiger partial charge in [-0.25, -0.2) is 4.98 Å². The molecule has 0 unspecified atom stereocenters. The lowest BCUT2D eigenvalue weighted by Crippen LogP contribution is -2.07. The van der Waals surface area contributed by atoms with E-state index in [9.17, 15) is 10.1 Å². The number of nitrogens with one attached hydrogen (secondary N) is 1. The topological polar surface area (TPSA) is 94.1 Å². The molecule has 1 aromatic rings. The van der Waals surface area contributed by atoms with Gasteiger partial charge in [0.2, 0.25) is 5.82 Å². The van der Waals surface area contributed by atoms with E-state index in [4.69, 9.17) is 5.73 Å². The Labute approximate surface area is 93.0 Å². The second-order valence-corrected chi connectivity index (χ2v) is 4.02. The third kappa shape index (κ3) is 2.59. The summed E-state index contributed by atoms with van der Waals surface area (Å²) in [5.41, 5.74) is 5.47. The molecule has 6 heteroatoms. The lowest BCUT2D eigenvalue weighted by atomic mass is 10.3. The number of hydrogen-bond acceptors (Lipinski definition) is 5. The smallest absolute Gasteiger partial charge is 0.311 e. The van der Waals surface area contributed by atoms with Gasteiger partial charge in [-0.05, 0) is 18.4 Å². The molecule has 3 N–H and O–H groups in total. The molecule has 0 radical (unpaired) electrons. The van der Waals surface area contributed by atoms with E-state index in [0.717, 1.165) is 12.3 Å².